The highest BCUT2D eigenvalue weighted by Crippen LogP contribution is 2.30. The summed E-state index contributed by atoms with van der Waals surface area (Å²) in [6, 6.07) is 56.6. The van der Waals surface area contributed by atoms with Crippen LogP contribution >= 0.6 is 0 Å². The molecule has 0 amide bonds. The SMILES string of the molecule is c1ccc(-c2ccc(-c3nc(-c4ccccc4)nc(-c4cccc(-c5nc(-c6ccccc6)nc(-c6ccccc6)n5)c4)n3)cc2)cc1. The van der Waals surface area contributed by atoms with Gasteiger partial charge in [-0.1, -0.05) is 164 Å². The molecule has 6 nitrogen and oxygen atoms in total. The molecule has 0 aliphatic carbocycles. The second-order valence-corrected chi connectivity index (χ2v) is 11.2. The number of aromatic nitrogens is 6. The van der Waals surface area contributed by atoms with E-state index in [1.54, 1.807) is 0 Å². The van der Waals surface area contributed by atoms with Gasteiger partial charge in [-0.25, -0.2) is 29.9 Å². The molecule has 8 aromatic rings. The zero-order valence-electron chi connectivity index (χ0n) is 25.8. The number of rotatable bonds is 7. The van der Waals surface area contributed by atoms with E-state index in [-0.39, 0.29) is 0 Å². The van der Waals surface area contributed by atoms with Crippen LogP contribution < -0.4 is 0 Å². The summed E-state index contributed by atoms with van der Waals surface area (Å²) >= 11 is 0. The monoisotopic (exact) mass is 616 g/mol. The minimum atomic E-state index is 0.563. The Morgan fingerprint density at radius 1 is 0.188 bits per heavy atom. The lowest BCUT2D eigenvalue weighted by molar-refractivity contribution is 1.07. The molecule has 2 aromatic heterocycles. The average Bonchev–Trinajstić information content (AvgIpc) is 3.19. The van der Waals surface area contributed by atoms with Crippen molar-refractivity contribution in [2.24, 2.45) is 0 Å². The van der Waals surface area contributed by atoms with E-state index in [1.807, 2.05) is 133 Å². The smallest absolute Gasteiger partial charge is 0.164 e. The van der Waals surface area contributed by atoms with Crippen LogP contribution in [0.4, 0.5) is 0 Å². The maximum Gasteiger partial charge on any atom is 0.164 e. The fourth-order valence-corrected chi connectivity index (χ4v) is 5.53. The summed E-state index contributed by atoms with van der Waals surface area (Å²) in [5.41, 5.74) is 7.61. The summed E-state index contributed by atoms with van der Waals surface area (Å²) in [5, 5.41) is 0. The summed E-state index contributed by atoms with van der Waals surface area (Å²) in [4.78, 5) is 29.5. The van der Waals surface area contributed by atoms with Gasteiger partial charge in [0.25, 0.3) is 0 Å². The van der Waals surface area contributed by atoms with E-state index in [0.717, 1.165) is 44.5 Å². The van der Waals surface area contributed by atoms with Crippen molar-refractivity contribution in [1.29, 1.82) is 0 Å². The number of nitrogens with zero attached hydrogens (tertiary/aromatic N) is 6. The molecular weight excluding hydrogens is 589 g/mol. The van der Waals surface area contributed by atoms with Gasteiger partial charge in [0.15, 0.2) is 34.9 Å². The zero-order chi connectivity index (χ0) is 32.1. The van der Waals surface area contributed by atoms with Crippen molar-refractivity contribution in [2.45, 2.75) is 0 Å². The minimum Gasteiger partial charge on any atom is -0.208 e. The van der Waals surface area contributed by atoms with E-state index < -0.39 is 0 Å². The van der Waals surface area contributed by atoms with E-state index in [4.69, 9.17) is 29.9 Å². The molecule has 0 radical (unpaired) electrons. The maximum atomic E-state index is 4.99. The third-order valence-corrected chi connectivity index (χ3v) is 8.00. The normalized spacial score (nSPS) is 10.9. The molecule has 0 spiro atoms. The Hall–Kier alpha value is -6.66. The molecular formula is C42H28N6. The van der Waals surface area contributed by atoms with Crippen molar-refractivity contribution >= 4 is 0 Å². The summed E-state index contributed by atoms with van der Waals surface area (Å²) in [6.45, 7) is 0. The Morgan fingerprint density at radius 3 is 0.771 bits per heavy atom. The molecule has 0 bridgehead atoms. The second kappa shape index (κ2) is 13.0. The van der Waals surface area contributed by atoms with E-state index in [9.17, 15) is 0 Å². The molecule has 0 atom stereocenters. The molecule has 0 saturated carbocycles. The summed E-state index contributed by atoms with van der Waals surface area (Å²) < 4.78 is 0. The zero-order valence-corrected chi connectivity index (χ0v) is 25.8. The quantitative estimate of drug-likeness (QED) is 0.177. The van der Waals surface area contributed by atoms with Gasteiger partial charge in [0.05, 0.1) is 0 Å². The number of benzene rings is 6. The third-order valence-electron chi connectivity index (χ3n) is 8.00. The van der Waals surface area contributed by atoms with Crippen molar-refractivity contribution < 1.29 is 0 Å². The molecule has 6 aromatic carbocycles. The lowest BCUT2D eigenvalue weighted by atomic mass is 10.0. The van der Waals surface area contributed by atoms with Crippen LogP contribution in [0.3, 0.4) is 0 Å². The molecule has 8 rings (SSSR count). The maximum absolute atomic E-state index is 4.99. The number of hydrogen-bond donors (Lipinski definition) is 0. The van der Waals surface area contributed by atoms with Gasteiger partial charge in [0, 0.05) is 33.4 Å². The predicted molar refractivity (Wildman–Crippen MR) is 191 cm³/mol. The summed E-state index contributed by atoms with van der Waals surface area (Å²) in [7, 11) is 0. The second-order valence-electron chi connectivity index (χ2n) is 11.2. The molecule has 2 heterocycles. The van der Waals surface area contributed by atoms with Crippen LogP contribution in [0.1, 0.15) is 0 Å². The molecule has 0 aliphatic rings. The Labute approximate surface area is 278 Å². The first-order valence-corrected chi connectivity index (χ1v) is 15.7. The van der Waals surface area contributed by atoms with Crippen LogP contribution in [0.2, 0.25) is 0 Å². The Bertz CT molecular complexity index is 2250. The van der Waals surface area contributed by atoms with Gasteiger partial charge in [-0.2, -0.15) is 0 Å². The fraction of sp³-hybridized carbons (Fsp3) is 0. The van der Waals surface area contributed by atoms with Crippen LogP contribution in [0.25, 0.3) is 79.5 Å². The molecule has 0 aliphatic heterocycles. The van der Waals surface area contributed by atoms with Gasteiger partial charge in [-0.3, -0.25) is 0 Å². The van der Waals surface area contributed by atoms with Gasteiger partial charge in [0.2, 0.25) is 0 Å². The summed E-state index contributed by atoms with van der Waals surface area (Å²) in [5.74, 6) is 3.55. The number of hydrogen-bond acceptors (Lipinski definition) is 6. The van der Waals surface area contributed by atoms with Crippen molar-refractivity contribution in [1.82, 2.24) is 29.9 Å². The molecule has 0 fully saturated rings. The minimum absolute atomic E-state index is 0.563. The van der Waals surface area contributed by atoms with Crippen LogP contribution in [-0.2, 0) is 0 Å². The van der Waals surface area contributed by atoms with E-state index in [1.165, 1.54) is 0 Å². The van der Waals surface area contributed by atoms with E-state index in [2.05, 4.69) is 36.4 Å². The lowest BCUT2D eigenvalue weighted by Crippen LogP contribution is -2.01. The van der Waals surface area contributed by atoms with Gasteiger partial charge in [-0.15, -0.1) is 0 Å². The van der Waals surface area contributed by atoms with Crippen LogP contribution in [-0.4, -0.2) is 29.9 Å². The van der Waals surface area contributed by atoms with Crippen molar-refractivity contribution in [3.8, 4) is 79.5 Å². The summed E-state index contributed by atoms with van der Waals surface area (Å²) in [6.07, 6.45) is 0. The molecule has 48 heavy (non-hydrogen) atoms. The molecule has 226 valence electrons. The highest BCUT2D eigenvalue weighted by molar-refractivity contribution is 5.73. The van der Waals surface area contributed by atoms with Gasteiger partial charge in [0.1, 0.15) is 0 Å². The molecule has 0 N–H and O–H groups in total. The Kier molecular flexibility index (Phi) is 7.79. The molecule has 0 saturated heterocycles. The molecule has 0 unspecified atom stereocenters. The molecule has 6 heteroatoms. The van der Waals surface area contributed by atoms with Crippen LogP contribution in [0.5, 0.6) is 0 Å². The van der Waals surface area contributed by atoms with Crippen LogP contribution in [0.15, 0.2) is 170 Å². The van der Waals surface area contributed by atoms with Crippen LogP contribution in [0, 0.1) is 0 Å². The van der Waals surface area contributed by atoms with Crippen molar-refractivity contribution in [3.05, 3.63) is 170 Å². The van der Waals surface area contributed by atoms with Gasteiger partial charge >= 0.3 is 0 Å². The highest BCUT2D eigenvalue weighted by atomic mass is 15.0. The standard InChI is InChI=1S/C42H28N6/c1-5-14-29(15-6-1)30-24-26-34(27-25-30)40-44-39(33-20-11-4-12-21-33)47-42(48-40)36-23-13-22-35(28-36)41-45-37(31-16-7-2-8-17-31)43-38(46-41)32-18-9-3-10-19-32/h1-28H. The Balaban J connectivity index is 1.23. The van der Waals surface area contributed by atoms with Gasteiger partial charge in [-0.05, 0) is 17.2 Å². The fourth-order valence-electron chi connectivity index (χ4n) is 5.53. The van der Waals surface area contributed by atoms with Crippen molar-refractivity contribution in [2.75, 3.05) is 0 Å². The first kappa shape index (κ1) is 28.8. The largest absolute Gasteiger partial charge is 0.208 e. The lowest BCUT2D eigenvalue weighted by Gasteiger charge is -2.11. The van der Waals surface area contributed by atoms with Crippen molar-refractivity contribution in [3.63, 3.8) is 0 Å². The first-order chi connectivity index (χ1) is 23.8. The van der Waals surface area contributed by atoms with E-state index >= 15 is 0 Å². The first-order valence-electron chi connectivity index (χ1n) is 15.7. The Morgan fingerprint density at radius 2 is 0.417 bits per heavy atom. The van der Waals surface area contributed by atoms with Gasteiger partial charge < -0.3 is 0 Å². The van der Waals surface area contributed by atoms with E-state index in [0.29, 0.717) is 34.9 Å². The third kappa shape index (κ3) is 6.10. The predicted octanol–water partition coefficient (Wildman–Crippen LogP) is 9.73. The average molecular weight is 617 g/mol. The topological polar surface area (TPSA) is 77.3 Å². The highest BCUT2D eigenvalue weighted by Gasteiger charge is 2.16.